The summed E-state index contributed by atoms with van der Waals surface area (Å²) in [7, 11) is 0. The molecule has 8 aromatic rings. The Kier molecular flexibility index (Phi) is 20.0. The molecular formula is C57H54F8N14O4. The molecule has 0 atom stereocenters. The van der Waals surface area contributed by atoms with Crippen LogP contribution in [0.5, 0.6) is 0 Å². The van der Waals surface area contributed by atoms with E-state index in [4.69, 9.17) is 0 Å². The zero-order chi connectivity index (χ0) is 58.9. The molecule has 2 aliphatic rings. The molecule has 0 unspecified atom stereocenters. The number of anilines is 5. The standard InChI is InChI=1S/C29H27F4N7O2.C21H24N6O.C7H3F4NO/c30-23-14-22(29(31,32)33)15-24(16-23)34-28(42)40(25-12-10-20(11-13-25)19-4-2-1-3-5-19)17-18-6-8-21(9-7-18)26(41)35-27-36-38-39-37-27;28-20(23-21-24-26-27-25-21)18-8-6-15(7-9-18)14-22-19-12-10-17(11-13-19)16-4-2-1-3-5-16;8-5-1-4(7(9,10)11)2-6(3-5)12-13/h6-16,19H,1-5,17H2,(H,34,42)(H2,35,36,37,38,39,41);6-13,16,22H,1-5,14H2,(H2,23,24,25,26,27,28);1-3H. The van der Waals surface area contributed by atoms with E-state index >= 15 is 0 Å². The quantitative estimate of drug-likeness (QED) is 0.0442. The molecule has 0 spiro atoms. The Balaban J connectivity index is 0.000000187. The number of nitroso groups, excluding NO2 is 1. The van der Waals surface area contributed by atoms with Crippen molar-refractivity contribution in [2.75, 3.05) is 26.2 Å². The molecule has 2 saturated carbocycles. The van der Waals surface area contributed by atoms with E-state index in [2.05, 4.69) is 92.0 Å². The molecule has 6 N–H and O–H groups in total. The minimum Gasteiger partial charge on any atom is -0.381 e. The highest BCUT2D eigenvalue weighted by atomic mass is 19.4. The summed E-state index contributed by atoms with van der Waals surface area (Å²) >= 11 is 0. The van der Waals surface area contributed by atoms with E-state index in [1.165, 1.54) is 49.0 Å². The monoisotopic (exact) mass is 1150 g/mol. The Morgan fingerprint density at radius 3 is 1.48 bits per heavy atom. The van der Waals surface area contributed by atoms with E-state index in [-0.39, 0.29) is 30.0 Å². The highest BCUT2D eigenvalue weighted by Gasteiger charge is 2.33. The lowest BCUT2D eigenvalue weighted by Crippen LogP contribution is -2.34. The molecule has 10 rings (SSSR count). The Labute approximate surface area is 469 Å². The second-order valence-electron chi connectivity index (χ2n) is 19.5. The molecule has 6 aromatic carbocycles. The number of tetrazole rings is 2. The molecule has 26 heteroatoms. The first-order valence-electron chi connectivity index (χ1n) is 26.3. The minimum atomic E-state index is -4.78. The number of hydrogen-bond donors (Lipinski definition) is 6. The molecule has 0 bridgehead atoms. The van der Waals surface area contributed by atoms with Crippen LogP contribution in [0.1, 0.15) is 130 Å². The SMILES string of the molecule is O=C(Nc1nn[nH]n1)c1ccc(CN(C(=O)Nc2cc(F)cc(C(F)(F)F)c2)c2ccc(C3CCCCC3)cc2)cc1.O=C(Nc1nn[nH]n1)c1ccc(CNc2ccc(C3CCCCC3)cc2)cc1.O=Nc1cc(F)cc(C(F)(F)F)c1. The highest BCUT2D eigenvalue weighted by molar-refractivity contribution is 6.04. The van der Waals surface area contributed by atoms with Crippen molar-refractivity contribution in [1.82, 2.24) is 41.2 Å². The summed E-state index contributed by atoms with van der Waals surface area (Å²) in [6, 6.07) is 32.7. The number of halogens is 8. The molecule has 83 heavy (non-hydrogen) atoms. The normalized spacial score (nSPS) is 13.7. The van der Waals surface area contributed by atoms with Crippen LogP contribution >= 0.6 is 0 Å². The molecule has 0 radical (unpaired) electrons. The number of H-pyrrole nitrogens is 2. The van der Waals surface area contributed by atoms with Crippen molar-refractivity contribution in [3.05, 3.63) is 195 Å². The molecule has 432 valence electrons. The van der Waals surface area contributed by atoms with Crippen LogP contribution in [-0.4, -0.2) is 59.1 Å². The maximum absolute atomic E-state index is 14.0. The molecule has 2 fully saturated rings. The summed E-state index contributed by atoms with van der Waals surface area (Å²) < 4.78 is 102. The van der Waals surface area contributed by atoms with E-state index in [1.54, 1.807) is 48.5 Å². The number of nitrogens with one attached hydrogen (secondary N) is 6. The van der Waals surface area contributed by atoms with Crippen LogP contribution < -0.4 is 26.2 Å². The second kappa shape index (κ2) is 27.8. The van der Waals surface area contributed by atoms with Gasteiger partial charge in [-0.1, -0.05) is 97.3 Å². The third-order valence-corrected chi connectivity index (χ3v) is 13.7. The lowest BCUT2D eigenvalue weighted by Gasteiger charge is -2.26. The van der Waals surface area contributed by atoms with E-state index in [0.717, 1.165) is 54.5 Å². The molecule has 0 aliphatic heterocycles. The van der Waals surface area contributed by atoms with E-state index in [1.807, 2.05) is 24.3 Å². The van der Waals surface area contributed by atoms with Gasteiger partial charge in [0, 0.05) is 40.8 Å². The molecule has 2 aliphatic carbocycles. The van der Waals surface area contributed by atoms with Gasteiger partial charge in [0.1, 0.15) is 17.3 Å². The van der Waals surface area contributed by atoms with Crippen LogP contribution in [-0.2, 0) is 25.4 Å². The number of alkyl halides is 6. The first-order valence-corrected chi connectivity index (χ1v) is 26.3. The maximum Gasteiger partial charge on any atom is 0.416 e. The lowest BCUT2D eigenvalue weighted by molar-refractivity contribution is -0.138. The average molecular weight is 1150 g/mol. The van der Waals surface area contributed by atoms with Gasteiger partial charge in [-0.2, -0.15) is 36.8 Å². The third-order valence-electron chi connectivity index (χ3n) is 13.7. The number of carbonyl (C=O) groups excluding carboxylic acids is 3. The topological polar surface area (TPSA) is 241 Å². The smallest absolute Gasteiger partial charge is 0.381 e. The minimum absolute atomic E-state index is 0.00891. The first-order chi connectivity index (χ1) is 39.9. The van der Waals surface area contributed by atoms with Gasteiger partial charge in [0.25, 0.3) is 23.7 Å². The number of amides is 4. The highest BCUT2D eigenvalue weighted by Crippen LogP contribution is 2.37. The van der Waals surface area contributed by atoms with Crippen LogP contribution in [0.3, 0.4) is 0 Å². The van der Waals surface area contributed by atoms with Gasteiger partial charge >= 0.3 is 18.4 Å². The van der Waals surface area contributed by atoms with Gasteiger partial charge < -0.3 is 10.6 Å². The largest absolute Gasteiger partial charge is 0.416 e. The van der Waals surface area contributed by atoms with Crippen LogP contribution in [0.4, 0.5) is 74.6 Å². The molecule has 18 nitrogen and oxygen atoms in total. The zero-order valence-electron chi connectivity index (χ0n) is 44.1. The van der Waals surface area contributed by atoms with E-state index < -0.39 is 52.7 Å². The molecular weight excluding hydrogens is 1100 g/mol. The number of hydrogen-bond acceptors (Lipinski definition) is 12. The summed E-state index contributed by atoms with van der Waals surface area (Å²) in [6.07, 6.45) is 3.02. The predicted molar refractivity (Wildman–Crippen MR) is 292 cm³/mol. The lowest BCUT2D eigenvalue weighted by atomic mass is 9.84. The van der Waals surface area contributed by atoms with Crippen molar-refractivity contribution in [1.29, 1.82) is 0 Å². The molecule has 2 aromatic heterocycles. The molecule has 2 heterocycles. The summed E-state index contributed by atoms with van der Waals surface area (Å²) in [4.78, 5) is 49.2. The van der Waals surface area contributed by atoms with Gasteiger partial charge in [-0.25, -0.2) is 13.6 Å². The number of aromatic nitrogens is 8. The maximum atomic E-state index is 14.0. The number of benzene rings is 6. The molecule has 4 amide bonds. The predicted octanol–water partition coefficient (Wildman–Crippen LogP) is 14.3. The van der Waals surface area contributed by atoms with Crippen molar-refractivity contribution in [2.45, 2.75) is 101 Å². The average Bonchev–Trinajstić information content (AvgIpc) is 4.34. The van der Waals surface area contributed by atoms with Gasteiger partial charge in [0.2, 0.25) is 0 Å². The van der Waals surface area contributed by atoms with Gasteiger partial charge in [-0.15, -0.1) is 15.1 Å². The van der Waals surface area contributed by atoms with Crippen molar-refractivity contribution >= 4 is 52.5 Å². The van der Waals surface area contributed by atoms with Gasteiger partial charge in [-0.05, 0) is 154 Å². The number of carbonyl (C=O) groups is 3. The fraction of sp³-hybridized carbons (Fsp3) is 0.281. The van der Waals surface area contributed by atoms with Crippen LogP contribution in [0, 0.1) is 16.5 Å². The Hall–Kier alpha value is -9.49. The van der Waals surface area contributed by atoms with Gasteiger partial charge in [-0.3, -0.25) is 25.1 Å². The number of urea groups is 1. The number of aromatic amines is 2. The van der Waals surface area contributed by atoms with E-state index in [9.17, 15) is 54.4 Å². The first kappa shape index (κ1) is 59.6. The van der Waals surface area contributed by atoms with Crippen LogP contribution in [0.2, 0.25) is 0 Å². The number of rotatable bonds is 14. The summed E-state index contributed by atoms with van der Waals surface area (Å²) in [5.41, 5.74) is 3.48. The van der Waals surface area contributed by atoms with Crippen molar-refractivity contribution in [2.24, 2.45) is 5.18 Å². The third kappa shape index (κ3) is 17.5. The Bertz CT molecular complexity index is 3390. The zero-order valence-corrected chi connectivity index (χ0v) is 44.1. The summed E-state index contributed by atoms with van der Waals surface area (Å²) in [5.74, 6) is -1.66. The Morgan fingerprint density at radius 1 is 0.542 bits per heavy atom. The van der Waals surface area contributed by atoms with Crippen LogP contribution in [0.25, 0.3) is 0 Å². The van der Waals surface area contributed by atoms with E-state index in [0.29, 0.717) is 65.2 Å². The van der Waals surface area contributed by atoms with Crippen LogP contribution in [0.15, 0.2) is 139 Å². The number of nitrogens with zero attached hydrogens (tertiary/aromatic N) is 8. The molecule has 0 saturated heterocycles. The summed E-state index contributed by atoms with van der Waals surface area (Å²) in [5, 5.41) is 39.2. The van der Waals surface area contributed by atoms with Crippen molar-refractivity contribution in [3.8, 4) is 0 Å². The van der Waals surface area contributed by atoms with Gasteiger partial charge in [0.15, 0.2) is 0 Å². The fourth-order valence-corrected chi connectivity index (χ4v) is 9.46. The van der Waals surface area contributed by atoms with Crippen molar-refractivity contribution < 1.29 is 49.5 Å². The Morgan fingerprint density at radius 2 is 1.01 bits per heavy atom. The fourth-order valence-electron chi connectivity index (χ4n) is 9.46. The second-order valence-corrected chi connectivity index (χ2v) is 19.5. The summed E-state index contributed by atoms with van der Waals surface area (Å²) in [6.45, 7) is 0.721. The van der Waals surface area contributed by atoms with Gasteiger partial charge in [0.05, 0.1) is 17.7 Å². The van der Waals surface area contributed by atoms with Crippen molar-refractivity contribution in [3.63, 3.8) is 0 Å².